The van der Waals surface area contributed by atoms with Crippen LogP contribution in [0.25, 0.3) is 16.6 Å². The first kappa shape index (κ1) is 17.1. The SMILES string of the molecule is CN1CCN(c2nn(-c3ccccc3Cl)c3ccccc23)CC1.Cl. The number of nitrogens with zero attached hydrogens (tertiary/aromatic N) is 4. The van der Waals surface area contributed by atoms with Crippen LogP contribution in [-0.4, -0.2) is 47.9 Å². The lowest BCUT2D eigenvalue weighted by atomic mass is 10.2. The lowest BCUT2D eigenvalue weighted by molar-refractivity contribution is 0.312. The summed E-state index contributed by atoms with van der Waals surface area (Å²) in [6, 6.07) is 16.2. The largest absolute Gasteiger partial charge is 0.352 e. The molecule has 0 aliphatic carbocycles. The summed E-state index contributed by atoms with van der Waals surface area (Å²) in [7, 11) is 2.16. The van der Waals surface area contributed by atoms with Gasteiger partial charge in [0.15, 0.2) is 5.82 Å². The maximum Gasteiger partial charge on any atom is 0.159 e. The molecule has 0 atom stereocenters. The van der Waals surface area contributed by atoms with E-state index in [0.717, 1.165) is 43.2 Å². The molecule has 0 unspecified atom stereocenters. The van der Waals surface area contributed by atoms with Crippen LogP contribution in [0.2, 0.25) is 5.02 Å². The summed E-state index contributed by atoms with van der Waals surface area (Å²) in [4.78, 5) is 4.72. The Morgan fingerprint density at radius 3 is 2.33 bits per heavy atom. The molecule has 1 aromatic heterocycles. The van der Waals surface area contributed by atoms with Gasteiger partial charge in [0.25, 0.3) is 0 Å². The number of fused-ring (bicyclic) bond motifs is 1. The Kier molecular flexibility index (Phi) is 4.99. The summed E-state index contributed by atoms with van der Waals surface area (Å²) in [5.74, 6) is 1.05. The van der Waals surface area contributed by atoms with Crippen molar-refractivity contribution in [1.29, 1.82) is 0 Å². The van der Waals surface area contributed by atoms with Gasteiger partial charge in [0.2, 0.25) is 0 Å². The minimum Gasteiger partial charge on any atom is -0.352 e. The van der Waals surface area contributed by atoms with Gasteiger partial charge in [0, 0.05) is 31.6 Å². The molecule has 6 heteroatoms. The van der Waals surface area contributed by atoms with E-state index in [1.807, 2.05) is 35.0 Å². The third-order valence-corrected chi connectivity index (χ3v) is 4.77. The van der Waals surface area contributed by atoms with E-state index in [2.05, 4.69) is 35.0 Å². The van der Waals surface area contributed by atoms with Crippen LogP contribution in [0.3, 0.4) is 0 Å². The molecule has 4 nitrogen and oxygen atoms in total. The smallest absolute Gasteiger partial charge is 0.159 e. The fourth-order valence-electron chi connectivity index (χ4n) is 3.11. The number of likely N-dealkylation sites (N-methyl/N-ethyl adjacent to an activating group) is 1. The molecule has 126 valence electrons. The van der Waals surface area contributed by atoms with Gasteiger partial charge in [-0.2, -0.15) is 0 Å². The predicted octanol–water partition coefficient (Wildman–Crippen LogP) is 3.85. The molecule has 4 rings (SSSR count). The van der Waals surface area contributed by atoms with Crippen molar-refractivity contribution >= 4 is 40.7 Å². The van der Waals surface area contributed by atoms with E-state index < -0.39 is 0 Å². The van der Waals surface area contributed by atoms with Crippen molar-refractivity contribution < 1.29 is 0 Å². The third-order valence-electron chi connectivity index (χ3n) is 4.45. The van der Waals surface area contributed by atoms with E-state index in [-0.39, 0.29) is 12.4 Å². The van der Waals surface area contributed by atoms with E-state index in [9.17, 15) is 0 Å². The second kappa shape index (κ2) is 7.01. The summed E-state index contributed by atoms with van der Waals surface area (Å²) in [6.07, 6.45) is 0. The maximum absolute atomic E-state index is 6.39. The van der Waals surface area contributed by atoms with Gasteiger partial charge in [-0.1, -0.05) is 35.9 Å². The Labute approximate surface area is 153 Å². The summed E-state index contributed by atoms with van der Waals surface area (Å²) in [5, 5.41) is 6.80. The highest BCUT2D eigenvalue weighted by atomic mass is 35.5. The van der Waals surface area contributed by atoms with Crippen molar-refractivity contribution in [2.45, 2.75) is 0 Å². The topological polar surface area (TPSA) is 24.3 Å². The Balaban J connectivity index is 0.00000169. The summed E-state index contributed by atoms with van der Waals surface area (Å²) < 4.78 is 1.96. The lowest BCUT2D eigenvalue weighted by Crippen LogP contribution is -2.44. The van der Waals surface area contributed by atoms with Gasteiger partial charge in [-0.3, -0.25) is 0 Å². The second-order valence-corrected chi connectivity index (χ2v) is 6.40. The molecular weight excluding hydrogens is 343 g/mol. The molecule has 0 saturated carbocycles. The van der Waals surface area contributed by atoms with Gasteiger partial charge in [-0.25, -0.2) is 4.68 Å². The predicted molar refractivity (Wildman–Crippen MR) is 103 cm³/mol. The van der Waals surface area contributed by atoms with Crippen LogP contribution in [0.15, 0.2) is 48.5 Å². The molecule has 24 heavy (non-hydrogen) atoms. The van der Waals surface area contributed by atoms with Gasteiger partial charge in [0.05, 0.1) is 16.2 Å². The van der Waals surface area contributed by atoms with E-state index in [0.29, 0.717) is 5.02 Å². The molecule has 1 aliphatic heterocycles. The molecule has 1 fully saturated rings. The van der Waals surface area contributed by atoms with Crippen molar-refractivity contribution in [2.75, 3.05) is 38.1 Å². The van der Waals surface area contributed by atoms with Crippen molar-refractivity contribution in [2.24, 2.45) is 0 Å². The summed E-state index contributed by atoms with van der Waals surface area (Å²) >= 11 is 6.39. The number of piperazine rings is 1. The van der Waals surface area contributed by atoms with Crippen molar-refractivity contribution in [3.05, 3.63) is 53.6 Å². The number of hydrogen-bond donors (Lipinski definition) is 0. The zero-order valence-electron chi connectivity index (χ0n) is 13.5. The molecule has 0 radical (unpaired) electrons. The number of rotatable bonds is 2. The molecule has 2 heterocycles. The highest BCUT2D eigenvalue weighted by Crippen LogP contribution is 2.31. The number of para-hydroxylation sites is 2. The molecule has 0 N–H and O–H groups in total. The average Bonchev–Trinajstić information content (AvgIpc) is 2.96. The molecule has 3 aromatic rings. The minimum atomic E-state index is 0. The fraction of sp³-hybridized carbons (Fsp3) is 0.278. The Hall–Kier alpha value is -1.75. The Morgan fingerprint density at radius 1 is 0.917 bits per heavy atom. The van der Waals surface area contributed by atoms with E-state index >= 15 is 0 Å². The molecule has 0 bridgehead atoms. The number of benzene rings is 2. The van der Waals surface area contributed by atoms with Gasteiger partial charge in [0.1, 0.15) is 0 Å². The van der Waals surface area contributed by atoms with Crippen LogP contribution in [0.4, 0.5) is 5.82 Å². The summed E-state index contributed by atoms with van der Waals surface area (Å²) in [5.41, 5.74) is 2.01. The first-order chi connectivity index (χ1) is 11.2. The molecule has 1 aliphatic rings. The van der Waals surface area contributed by atoms with Crippen molar-refractivity contribution in [1.82, 2.24) is 14.7 Å². The van der Waals surface area contributed by atoms with Crippen molar-refractivity contribution in [3.8, 4) is 5.69 Å². The van der Waals surface area contributed by atoms with Gasteiger partial charge < -0.3 is 9.80 Å². The Morgan fingerprint density at radius 2 is 1.58 bits per heavy atom. The number of hydrogen-bond acceptors (Lipinski definition) is 3. The molecule has 2 aromatic carbocycles. The first-order valence-corrected chi connectivity index (χ1v) is 8.28. The van der Waals surface area contributed by atoms with Gasteiger partial charge in [-0.05, 0) is 31.3 Å². The average molecular weight is 363 g/mol. The quantitative estimate of drug-likeness (QED) is 0.691. The van der Waals surface area contributed by atoms with Gasteiger partial charge in [-0.15, -0.1) is 17.5 Å². The van der Waals surface area contributed by atoms with Crippen LogP contribution in [0, 0.1) is 0 Å². The van der Waals surface area contributed by atoms with Crippen LogP contribution < -0.4 is 4.90 Å². The van der Waals surface area contributed by atoms with Crippen LogP contribution >= 0.6 is 24.0 Å². The minimum absolute atomic E-state index is 0. The molecular formula is C18H20Cl2N4. The number of aromatic nitrogens is 2. The van der Waals surface area contributed by atoms with Crippen LogP contribution in [-0.2, 0) is 0 Å². The van der Waals surface area contributed by atoms with Gasteiger partial charge >= 0.3 is 0 Å². The third kappa shape index (κ3) is 2.97. The monoisotopic (exact) mass is 362 g/mol. The summed E-state index contributed by atoms with van der Waals surface area (Å²) in [6.45, 7) is 4.13. The lowest BCUT2D eigenvalue weighted by Gasteiger charge is -2.32. The van der Waals surface area contributed by atoms with E-state index in [4.69, 9.17) is 16.7 Å². The maximum atomic E-state index is 6.39. The van der Waals surface area contributed by atoms with Crippen LogP contribution in [0.5, 0.6) is 0 Å². The Bertz CT molecular complexity index is 838. The highest BCUT2D eigenvalue weighted by Gasteiger charge is 2.21. The molecule has 0 amide bonds. The van der Waals surface area contributed by atoms with Crippen LogP contribution in [0.1, 0.15) is 0 Å². The highest BCUT2D eigenvalue weighted by molar-refractivity contribution is 6.32. The fourth-order valence-corrected chi connectivity index (χ4v) is 3.32. The number of anilines is 1. The van der Waals surface area contributed by atoms with E-state index in [1.54, 1.807) is 0 Å². The molecule has 1 saturated heterocycles. The molecule has 0 spiro atoms. The standard InChI is InChI=1S/C18H19ClN4.ClH/c1-21-10-12-22(13-11-21)18-14-6-2-4-8-16(14)23(20-18)17-9-5-3-7-15(17)19;/h2-9H,10-13H2,1H3;1H. The first-order valence-electron chi connectivity index (χ1n) is 7.90. The number of halogens is 2. The van der Waals surface area contributed by atoms with E-state index in [1.165, 1.54) is 5.39 Å². The second-order valence-electron chi connectivity index (χ2n) is 5.99. The zero-order chi connectivity index (χ0) is 15.8. The van der Waals surface area contributed by atoms with Crippen molar-refractivity contribution in [3.63, 3.8) is 0 Å². The normalized spacial score (nSPS) is 15.5. The zero-order valence-corrected chi connectivity index (χ0v) is 15.1.